The summed E-state index contributed by atoms with van der Waals surface area (Å²) >= 11 is 0. The summed E-state index contributed by atoms with van der Waals surface area (Å²) in [5, 5.41) is 0. The zero-order valence-electron chi connectivity index (χ0n) is 10.4. The second-order valence-electron chi connectivity index (χ2n) is 3.44. The molecule has 7 heteroatoms. The Kier molecular flexibility index (Phi) is 5.39. The van der Waals surface area contributed by atoms with Crippen LogP contribution in [0.25, 0.3) is 0 Å². The van der Waals surface area contributed by atoms with Gasteiger partial charge in [0.1, 0.15) is 0 Å². The Balaban J connectivity index is 2.95. The first kappa shape index (κ1) is 14.7. The summed E-state index contributed by atoms with van der Waals surface area (Å²) < 4.78 is 38.5. The molecule has 0 amide bonds. The quantitative estimate of drug-likeness (QED) is 0.584. The number of methoxy groups -OCH3 is 2. The van der Waals surface area contributed by atoms with Crippen molar-refractivity contribution in [3.8, 4) is 11.5 Å². The lowest BCUT2D eigenvalue weighted by atomic mass is 10.3. The summed E-state index contributed by atoms with van der Waals surface area (Å²) in [5.41, 5.74) is 5.27. The standard InChI is InChI=1S/C11H17NO5S/c1-15-10-5-4-9(8-11(10)16-2)18(13,14)17-7-3-6-12/h4-5,8H,3,6-7,12H2,1-2H3. The van der Waals surface area contributed by atoms with Crippen LogP contribution in [0.1, 0.15) is 6.42 Å². The van der Waals surface area contributed by atoms with Crippen molar-refractivity contribution in [2.45, 2.75) is 11.3 Å². The van der Waals surface area contributed by atoms with Crippen molar-refractivity contribution in [3.05, 3.63) is 18.2 Å². The average molecular weight is 275 g/mol. The van der Waals surface area contributed by atoms with Crippen molar-refractivity contribution in [2.24, 2.45) is 5.73 Å². The molecule has 0 fully saturated rings. The highest BCUT2D eigenvalue weighted by molar-refractivity contribution is 7.86. The van der Waals surface area contributed by atoms with Crippen LogP contribution in [0.3, 0.4) is 0 Å². The number of hydrogen-bond acceptors (Lipinski definition) is 6. The summed E-state index contributed by atoms with van der Waals surface area (Å²) in [6, 6.07) is 4.27. The highest BCUT2D eigenvalue weighted by Crippen LogP contribution is 2.29. The first-order chi connectivity index (χ1) is 8.55. The normalized spacial score (nSPS) is 11.3. The molecular formula is C11H17NO5S. The van der Waals surface area contributed by atoms with E-state index in [0.29, 0.717) is 24.5 Å². The SMILES string of the molecule is COc1ccc(S(=O)(=O)OCCCN)cc1OC. The predicted octanol–water partition coefficient (Wildman–Crippen LogP) is 0.758. The van der Waals surface area contributed by atoms with Crippen LogP contribution in [0.4, 0.5) is 0 Å². The van der Waals surface area contributed by atoms with E-state index in [1.807, 2.05) is 0 Å². The molecular weight excluding hydrogens is 258 g/mol. The van der Waals surface area contributed by atoms with Gasteiger partial charge >= 0.3 is 0 Å². The molecule has 2 N–H and O–H groups in total. The van der Waals surface area contributed by atoms with Crippen LogP contribution in [0.5, 0.6) is 11.5 Å². The van der Waals surface area contributed by atoms with E-state index in [4.69, 9.17) is 19.4 Å². The smallest absolute Gasteiger partial charge is 0.297 e. The van der Waals surface area contributed by atoms with E-state index < -0.39 is 10.1 Å². The van der Waals surface area contributed by atoms with Crippen molar-refractivity contribution in [1.82, 2.24) is 0 Å². The van der Waals surface area contributed by atoms with Crippen LogP contribution in [0, 0.1) is 0 Å². The molecule has 0 saturated carbocycles. The molecule has 18 heavy (non-hydrogen) atoms. The zero-order valence-corrected chi connectivity index (χ0v) is 11.2. The Hall–Kier alpha value is -1.31. The van der Waals surface area contributed by atoms with Gasteiger partial charge in [-0.1, -0.05) is 0 Å². The van der Waals surface area contributed by atoms with E-state index >= 15 is 0 Å². The van der Waals surface area contributed by atoms with Crippen LogP contribution >= 0.6 is 0 Å². The number of hydrogen-bond donors (Lipinski definition) is 1. The van der Waals surface area contributed by atoms with Crippen LogP contribution in [0.2, 0.25) is 0 Å². The molecule has 1 aromatic rings. The molecule has 1 rings (SSSR count). The minimum absolute atomic E-state index is 0.0252. The Morgan fingerprint density at radius 2 is 1.83 bits per heavy atom. The van der Waals surface area contributed by atoms with E-state index in [9.17, 15) is 8.42 Å². The molecule has 0 unspecified atom stereocenters. The van der Waals surface area contributed by atoms with Crippen LogP contribution in [0.15, 0.2) is 23.1 Å². The van der Waals surface area contributed by atoms with Crippen molar-refractivity contribution < 1.29 is 22.1 Å². The Labute approximate surface area is 107 Å². The topological polar surface area (TPSA) is 87.9 Å². The van der Waals surface area contributed by atoms with Crippen LogP contribution < -0.4 is 15.2 Å². The summed E-state index contributed by atoms with van der Waals surface area (Å²) in [6.45, 7) is 0.439. The van der Waals surface area contributed by atoms with E-state index in [-0.39, 0.29) is 11.5 Å². The molecule has 102 valence electrons. The largest absolute Gasteiger partial charge is 0.493 e. The first-order valence-corrected chi connectivity index (χ1v) is 6.77. The van der Waals surface area contributed by atoms with Gasteiger partial charge in [-0.15, -0.1) is 0 Å². The molecule has 0 saturated heterocycles. The second-order valence-corrected chi connectivity index (χ2v) is 5.05. The van der Waals surface area contributed by atoms with Gasteiger partial charge in [-0.3, -0.25) is 4.18 Å². The van der Waals surface area contributed by atoms with Gasteiger partial charge < -0.3 is 15.2 Å². The fraction of sp³-hybridized carbons (Fsp3) is 0.455. The van der Waals surface area contributed by atoms with Gasteiger partial charge in [0.2, 0.25) is 0 Å². The summed E-state index contributed by atoms with van der Waals surface area (Å²) in [6.07, 6.45) is 0.479. The number of ether oxygens (including phenoxy) is 2. The van der Waals surface area contributed by atoms with E-state index in [1.54, 1.807) is 0 Å². The third-order valence-electron chi connectivity index (χ3n) is 2.23. The van der Waals surface area contributed by atoms with Gasteiger partial charge in [-0.2, -0.15) is 8.42 Å². The zero-order chi connectivity index (χ0) is 13.6. The Morgan fingerprint density at radius 1 is 1.17 bits per heavy atom. The maximum absolute atomic E-state index is 11.8. The lowest BCUT2D eigenvalue weighted by molar-refractivity contribution is 0.313. The first-order valence-electron chi connectivity index (χ1n) is 5.36. The lowest BCUT2D eigenvalue weighted by Crippen LogP contribution is -2.11. The molecule has 0 radical (unpaired) electrons. The van der Waals surface area contributed by atoms with Gasteiger partial charge in [0.15, 0.2) is 11.5 Å². The Bertz CT molecular complexity index is 486. The predicted molar refractivity (Wildman–Crippen MR) is 66.4 cm³/mol. The van der Waals surface area contributed by atoms with Crippen LogP contribution in [-0.2, 0) is 14.3 Å². The van der Waals surface area contributed by atoms with Gasteiger partial charge in [-0.05, 0) is 25.1 Å². The number of benzene rings is 1. The fourth-order valence-corrected chi connectivity index (χ4v) is 2.25. The number of rotatable bonds is 7. The number of nitrogens with two attached hydrogens (primary N) is 1. The van der Waals surface area contributed by atoms with Crippen molar-refractivity contribution >= 4 is 10.1 Å². The summed E-state index contributed by atoms with van der Waals surface area (Å²) in [4.78, 5) is 0.0252. The average Bonchev–Trinajstić information content (AvgIpc) is 2.38. The molecule has 1 aromatic carbocycles. The summed E-state index contributed by atoms with van der Waals surface area (Å²) in [5.74, 6) is 0.791. The molecule has 0 bridgehead atoms. The van der Waals surface area contributed by atoms with E-state index in [1.165, 1.54) is 32.4 Å². The van der Waals surface area contributed by atoms with E-state index in [2.05, 4.69) is 0 Å². The third-order valence-corrected chi connectivity index (χ3v) is 3.54. The third kappa shape index (κ3) is 3.59. The molecule has 0 aromatic heterocycles. The molecule has 6 nitrogen and oxygen atoms in total. The molecule has 0 heterocycles. The Morgan fingerprint density at radius 3 is 2.39 bits per heavy atom. The second kappa shape index (κ2) is 6.58. The molecule has 0 aliphatic rings. The van der Waals surface area contributed by atoms with Crippen LogP contribution in [-0.4, -0.2) is 35.8 Å². The molecule has 0 atom stereocenters. The highest BCUT2D eigenvalue weighted by atomic mass is 32.2. The molecule has 0 aliphatic heterocycles. The van der Waals surface area contributed by atoms with Crippen molar-refractivity contribution in [1.29, 1.82) is 0 Å². The summed E-state index contributed by atoms with van der Waals surface area (Å²) in [7, 11) is -0.871. The van der Waals surface area contributed by atoms with Crippen molar-refractivity contribution in [2.75, 3.05) is 27.4 Å². The minimum atomic E-state index is -3.78. The fourth-order valence-electron chi connectivity index (χ4n) is 1.29. The lowest BCUT2D eigenvalue weighted by Gasteiger charge is -2.10. The van der Waals surface area contributed by atoms with Gasteiger partial charge in [0.25, 0.3) is 10.1 Å². The minimum Gasteiger partial charge on any atom is -0.493 e. The maximum atomic E-state index is 11.8. The van der Waals surface area contributed by atoms with Gasteiger partial charge in [-0.25, -0.2) is 0 Å². The van der Waals surface area contributed by atoms with Gasteiger partial charge in [0, 0.05) is 6.07 Å². The van der Waals surface area contributed by atoms with Gasteiger partial charge in [0.05, 0.1) is 25.7 Å². The van der Waals surface area contributed by atoms with Crippen molar-refractivity contribution in [3.63, 3.8) is 0 Å². The monoisotopic (exact) mass is 275 g/mol. The maximum Gasteiger partial charge on any atom is 0.297 e. The highest BCUT2D eigenvalue weighted by Gasteiger charge is 2.17. The molecule has 0 spiro atoms. The molecule has 0 aliphatic carbocycles. The van der Waals surface area contributed by atoms with E-state index in [0.717, 1.165) is 0 Å².